The van der Waals surface area contributed by atoms with Crippen molar-refractivity contribution in [3.8, 4) is 17.2 Å². The van der Waals surface area contributed by atoms with Gasteiger partial charge >= 0.3 is 0 Å². The molecule has 3 aromatic rings. The summed E-state index contributed by atoms with van der Waals surface area (Å²) in [6.45, 7) is 4.94. The lowest BCUT2D eigenvalue weighted by molar-refractivity contribution is 0.0944. The van der Waals surface area contributed by atoms with Gasteiger partial charge in [0.25, 0.3) is 5.91 Å². The number of rotatable bonds is 6. The third kappa shape index (κ3) is 4.63. The number of ether oxygens (including phenoxy) is 2. The molecule has 0 spiro atoms. The Morgan fingerprint density at radius 2 is 2.10 bits per heavy atom. The first kappa shape index (κ1) is 20.0. The van der Waals surface area contributed by atoms with E-state index in [0.717, 1.165) is 42.4 Å². The first-order valence-electron chi connectivity index (χ1n) is 10.1. The molecule has 1 aliphatic rings. The molecule has 1 N–H and O–H groups in total. The van der Waals surface area contributed by atoms with E-state index < -0.39 is 0 Å². The zero-order valence-corrected chi connectivity index (χ0v) is 17.2. The molecular formula is C23H26N4O3. The van der Waals surface area contributed by atoms with Crippen molar-refractivity contribution in [1.82, 2.24) is 20.0 Å². The molecule has 1 amide bonds. The molecule has 1 unspecified atom stereocenters. The lowest BCUT2D eigenvalue weighted by atomic mass is 10.2. The van der Waals surface area contributed by atoms with Gasteiger partial charge in [-0.1, -0.05) is 6.07 Å². The van der Waals surface area contributed by atoms with Crippen LogP contribution in [0.3, 0.4) is 0 Å². The number of fused-ring (bicyclic) bond motifs is 1. The molecule has 2 heterocycles. The predicted octanol–water partition coefficient (Wildman–Crippen LogP) is 2.89. The molecule has 156 valence electrons. The molecule has 0 fully saturated rings. The van der Waals surface area contributed by atoms with Crippen molar-refractivity contribution < 1.29 is 14.3 Å². The average molecular weight is 406 g/mol. The third-order valence-electron chi connectivity index (χ3n) is 5.12. The minimum atomic E-state index is -0.0775. The van der Waals surface area contributed by atoms with Gasteiger partial charge in [0.1, 0.15) is 17.6 Å². The van der Waals surface area contributed by atoms with Gasteiger partial charge in [-0.3, -0.25) is 9.69 Å². The van der Waals surface area contributed by atoms with Crippen molar-refractivity contribution in [2.75, 3.05) is 26.7 Å². The Labute approximate surface area is 176 Å². The minimum Gasteiger partial charge on any atom is -0.497 e. The highest BCUT2D eigenvalue weighted by atomic mass is 16.5. The van der Waals surface area contributed by atoms with Crippen LogP contribution in [0.25, 0.3) is 5.69 Å². The van der Waals surface area contributed by atoms with E-state index in [1.165, 1.54) is 0 Å². The molecule has 0 bridgehead atoms. The van der Waals surface area contributed by atoms with Gasteiger partial charge in [0.15, 0.2) is 0 Å². The van der Waals surface area contributed by atoms with Crippen LogP contribution < -0.4 is 14.8 Å². The zero-order valence-electron chi connectivity index (χ0n) is 17.2. The van der Waals surface area contributed by atoms with Crippen molar-refractivity contribution in [3.63, 3.8) is 0 Å². The molecule has 0 saturated heterocycles. The maximum atomic E-state index is 12.5. The van der Waals surface area contributed by atoms with E-state index in [1.807, 2.05) is 54.7 Å². The first-order chi connectivity index (χ1) is 14.6. The normalized spacial score (nSPS) is 16.3. The largest absolute Gasteiger partial charge is 0.497 e. The van der Waals surface area contributed by atoms with E-state index >= 15 is 0 Å². The summed E-state index contributed by atoms with van der Waals surface area (Å²) in [6.07, 6.45) is 3.66. The summed E-state index contributed by atoms with van der Waals surface area (Å²) in [4.78, 5) is 14.8. The number of carbonyl (C=O) groups excluding carboxylic acids is 1. The maximum absolute atomic E-state index is 12.5. The summed E-state index contributed by atoms with van der Waals surface area (Å²) < 4.78 is 13.1. The molecule has 1 aromatic heterocycles. The summed E-state index contributed by atoms with van der Waals surface area (Å²) in [7, 11) is 1.65. The highest BCUT2D eigenvalue weighted by Crippen LogP contribution is 2.29. The number of hydrogen-bond donors (Lipinski definition) is 1. The quantitative estimate of drug-likeness (QED) is 0.682. The molecule has 0 aliphatic carbocycles. The Hall–Kier alpha value is -3.32. The number of benzene rings is 2. The van der Waals surface area contributed by atoms with Gasteiger partial charge in [-0.05, 0) is 43.3 Å². The molecule has 2 aromatic carbocycles. The Kier molecular flexibility index (Phi) is 5.99. The van der Waals surface area contributed by atoms with Gasteiger partial charge in [0, 0.05) is 55.8 Å². The molecule has 1 atom stereocenters. The monoisotopic (exact) mass is 406 g/mol. The topological polar surface area (TPSA) is 68.6 Å². The van der Waals surface area contributed by atoms with Gasteiger partial charge in [0.05, 0.1) is 12.8 Å². The van der Waals surface area contributed by atoms with Gasteiger partial charge in [-0.15, -0.1) is 0 Å². The maximum Gasteiger partial charge on any atom is 0.251 e. The summed E-state index contributed by atoms with van der Waals surface area (Å²) >= 11 is 0. The van der Waals surface area contributed by atoms with Crippen LogP contribution in [-0.4, -0.2) is 53.4 Å². The van der Waals surface area contributed by atoms with E-state index in [4.69, 9.17) is 9.47 Å². The molecular weight excluding hydrogens is 380 g/mol. The number of methoxy groups -OCH3 is 1. The first-order valence-corrected chi connectivity index (χ1v) is 10.1. The SMILES string of the molecule is COc1ccc2c(c1)OC(C)CN(CCNC(=O)c1ccc(-n3cccn3)cc1)C2. The third-order valence-corrected chi connectivity index (χ3v) is 5.12. The fraction of sp³-hybridized carbons (Fsp3) is 0.304. The van der Waals surface area contributed by atoms with Crippen LogP contribution in [0.1, 0.15) is 22.8 Å². The van der Waals surface area contributed by atoms with E-state index in [-0.39, 0.29) is 12.0 Å². The number of aromatic nitrogens is 2. The van der Waals surface area contributed by atoms with E-state index in [9.17, 15) is 4.79 Å². The van der Waals surface area contributed by atoms with Crippen molar-refractivity contribution >= 4 is 5.91 Å². The fourth-order valence-corrected chi connectivity index (χ4v) is 3.61. The van der Waals surface area contributed by atoms with Gasteiger partial charge in [-0.25, -0.2) is 4.68 Å². The molecule has 0 saturated carbocycles. The van der Waals surface area contributed by atoms with Gasteiger partial charge < -0.3 is 14.8 Å². The summed E-state index contributed by atoms with van der Waals surface area (Å²) in [5.74, 6) is 1.58. The second-order valence-corrected chi connectivity index (χ2v) is 7.39. The number of amides is 1. The smallest absolute Gasteiger partial charge is 0.251 e. The predicted molar refractivity (Wildman–Crippen MR) is 114 cm³/mol. The van der Waals surface area contributed by atoms with Crippen LogP contribution in [0.15, 0.2) is 60.9 Å². The van der Waals surface area contributed by atoms with E-state index in [1.54, 1.807) is 18.0 Å². The zero-order chi connectivity index (χ0) is 20.9. The second-order valence-electron chi connectivity index (χ2n) is 7.39. The lowest BCUT2D eigenvalue weighted by Crippen LogP contribution is -2.37. The Bertz CT molecular complexity index is 986. The standard InChI is InChI=1S/C23H26N4O3/c1-17-15-26(16-19-6-9-21(29-2)14-22(19)30-17)13-11-24-23(28)18-4-7-20(8-5-18)27-12-3-10-25-27/h3-10,12,14,17H,11,13,15-16H2,1-2H3,(H,24,28). The van der Waals surface area contributed by atoms with E-state index in [2.05, 4.69) is 22.2 Å². The van der Waals surface area contributed by atoms with Crippen LogP contribution in [0.4, 0.5) is 0 Å². The van der Waals surface area contributed by atoms with E-state index in [0.29, 0.717) is 12.1 Å². The fourth-order valence-electron chi connectivity index (χ4n) is 3.61. The minimum absolute atomic E-state index is 0.0592. The van der Waals surface area contributed by atoms with Crippen molar-refractivity contribution in [3.05, 3.63) is 72.1 Å². The Morgan fingerprint density at radius 3 is 2.83 bits per heavy atom. The number of nitrogens with zero attached hydrogens (tertiary/aromatic N) is 3. The summed E-state index contributed by atoms with van der Waals surface area (Å²) in [6, 6.07) is 15.2. The van der Waals surface area contributed by atoms with Crippen LogP contribution in [0.2, 0.25) is 0 Å². The number of nitrogens with one attached hydrogen (secondary N) is 1. The molecule has 4 rings (SSSR count). The van der Waals surface area contributed by atoms with Crippen LogP contribution in [-0.2, 0) is 6.54 Å². The molecule has 7 nitrogen and oxygen atoms in total. The summed E-state index contributed by atoms with van der Waals surface area (Å²) in [5, 5.41) is 7.21. The molecule has 30 heavy (non-hydrogen) atoms. The highest BCUT2D eigenvalue weighted by Gasteiger charge is 2.20. The average Bonchev–Trinajstić information content (AvgIpc) is 3.24. The lowest BCUT2D eigenvalue weighted by Gasteiger charge is -2.21. The highest BCUT2D eigenvalue weighted by molar-refractivity contribution is 5.94. The van der Waals surface area contributed by atoms with Gasteiger partial charge in [-0.2, -0.15) is 5.10 Å². The van der Waals surface area contributed by atoms with Crippen LogP contribution in [0, 0.1) is 0 Å². The van der Waals surface area contributed by atoms with Crippen LogP contribution in [0.5, 0.6) is 11.5 Å². The van der Waals surface area contributed by atoms with Crippen molar-refractivity contribution in [2.24, 2.45) is 0 Å². The van der Waals surface area contributed by atoms with Crippen molar-refractivity contribution in [1.29, 1.82) is 0 Å². The Morgan fingerprint density at radius 1 is 1.27 bits per heavy atom. The van der Waals surface area contributed by atoms with Crippen LogP contribution >= 0.6 is 0 Å². The number of carbonyl (C=O) groups is 1. The Balaban J connectivity index is 1.32. The number of hydrogen-bond acceptors (Lipinski definition) is 5. The molecule has 7 heteroatoms. The van der Waals surface area contributed by atoms with Crippen molar-refractivity contribution in [2.45, 2.75) is 19.6 Å². The molecule has 0 radical (unpaired) electrons. The second kappa shape index (κ2) is 9.00. The summed E-state index contributed by atoms with van der Waals surface area (Å²) in [5.41, 5.74) is 2.68. The van der Waals surface area contributed by atoms with Gasteiger partial charge in [0.2, 0.25) is 0 Å². The molecule has 1 aliphatic heterocycles.